The summed E-state index contributed by atoms with van der Waals surface area (Å²) in [5.74, 6) is 0.878. The number of aromatic nitrogens is 2. The van der Waals surface area contributed by atoms with Crippen LogP contribution in [0.4, 0.5) is 4.39 Å². The third-order valence-corrected chi connectivity index (χ3v) is 7.42. The standard InChI is InChI=1S/C22H24ClFN3O4.U/c23-15-5-4-14(10-16(15)24)30-12-18(29)25-22-8-6-21(7-9-22,11-17(22)28)20-27-26-19(31-20)13-2-1-3-13;/h1,4-5,10,13,17,28H,2-3,6-9,11-12H2,(H,25,29);/q-1;. The van der Waals surface area contributed by atoms with Crippen molar-refractivity contribution >= 4 is 17.5 Å². The maximum Gasteiger partial charge on any atom is 0.258 e. The van der Waals surface area contributed by atoms with Crippen LogP contribution in [0.1, 0.15) is 62.6 Å². The number of ether oxygens (including phenoxy) is 1. The number of carbonyl (C=O) groups is 1. The van der Waals surface area contributed by atoms with Crippen LogP contribution in [0.5, 0.6) is 5.75 Å². The van der Waals surface area contributed by atoms with Gasteiger partial charge in [0.1, 0.15) is 11.6 Å². The number of nitrogens with zero attached hydrogens (tertiary/aromatic N) is 2. The number of carbonyl (C=O) groups excluding carboxylic acids is 1. The molecule has 1 atom stereocenters. The van der Waals surface area contributed by atoms with Crippen LogP contribution in [0, 0.1) is 43.4 Å². The van der Waals surface area contributed by atoms with Crippen molar-refractivity contribution in [3.63, 3.8) is 0 Å². The molecule has 4 saturated carbocycles. The molecular weight excluding hydrogens is 663 g/mol. The zero-order chi connectivity index (χ0) is 21.6. The van der Waals surface area contributed by atoms with Crippen LogP contribution in [0.2, 0.25) is 5.02 Å². The van der Waals surface area contributed by atoms with E-state index >= 15 is 0 Å². The monoisotopic (exact) mass is 686 g/mol. The van der Waals surface area contributed by atoms with Gasteiger partial charge in [-0.05, 0) is 50.2 Å². The van der Waals surface area contributed by atoms with Crippen LogP contribution in [0.15, 0.2) is 22.6 Å². The molecular formula is C22H24ClFN3O4U-. The number of aliphatic hydroxyl groups is 1. The number of aliphatic hydroxyl groups excluding tert-OH is 1. The van der Waals surface area contributed by atoms with Crippen molar-refractivity contribution in [2.24, 2.45) is 0 Å². The number of hydrogen-bond acceptors (Lipinski definition) is 6. The second-order valence-electron chi connectivity index (χ2n) is 8.97. The summed E-state index contributed by atoms with van der Waals surface area (Å²) in [5.41, 5.74) is -1.03. The zero-order valence-corrected chi connectivity index (χ0v) is 22.4. The molecule has 10 heteroatoms. The Morgan fingerprint density at radius 2 is 2.06 bits per heavy atom. The Labute approximate surface area is 214 Å². The average molecular weight is 687 g/mol. The Morgan fingerprint density at radius 1 is 1.31 bits per heavy atom. The minimum Gasteiger partial charge on any atom is -0.484 e. The smallest absolute Gasteiger partial charge is 0.258 e. The van der Waals surface area contributed by atoms with Gasteiger partial charge in [-0.25, -0.2) is 4.39 Å². The van der Waals surface area contributed by atoms with E-state index in [9.17, 15) is 14.3 Å². The number of halogens is 2. The van der Waals surface area contributed by atoms with Crippen molar-refractivity contribution in [3.8, 4) is 5.75 Å². The van der Waals surface area contributed by atoms with Crippen LogP contribution in [-0.2, 0) is 10.2 Å². The molecule has 4 aliphatic rings. The fraction of sp³-hybridized carbons (Fsp3) is 0.545. The number of fused-ring (bicyclic) bond motifs is 3. The molecule has 2 aromatic rings. The van der Waals surface area contributed by atoms with E-state index in [0.29, 0.717) is 37.0 Å². The first-order valence-corrected chi connectivity index (χ1v) is 11.0. The van der Waals surface area contributed by atoms with Crippen LogP contribution >= 0.6 is 11.6 Å². The van der Waals surface area contributed by atoms with Gasteiger partial charge >= 0.3 is 0 Å². The van der Waals surface area contributed by atoms with E-state index in [1.807, 2.05) is 0 Å². The molecule has 0 spiro atoms. The van der Waals surface area contributed by atoms with Crippen molar-refractivity contribution in [1.29, 1.82) is 0 Å². The summed E-state index contributed by atoms with van der Waals surface area (Å²) < 4.78 is 24.9. The molecule has 2 bridgehead atoms. The van der Waals surface area contributed by atoms with Gasteiger partial charge in [-0.2, -0.15) is 12.8 Å². The molecule has 7 nitrogen and oxygen atoms in total. The van der Waals surface area contributed by atoms with Gasteiger partial charge in [0.2, 0.25) is 11.8 Å². The number of hydrogen-bond donors (Lipinski definition) is 2. The van der Waals surface area contributed by atoms with Gasteiger partial charge in [0.25, 0.3) is 5.91 Å². The van der Waals surface area contributed by atoms with Crippen LogP contribution in [0.25, 0.3) is 0 Å². The maximum absolute atomic E-state index is 13.5. The molecule has 4 fully saturated rings. The van der Waals surface area contributed by atoms with Crippen LogP contribution in [-0.4, -0.2) is 39.5 Å². The van der Waals surface area contributed by atoms with E-state index < -0.39 is 17.5 Å². The molecule has 0 aliphatic heterocycles. The first kappa shape index (κ1) is 24.0. The third-order valence-electron chi connectivity index (χ3n) is 7.12. The van der Waals surface area contributed by atoms with Crippen molar-refractivity contribution in [2.75, 3.05) is 6.61 Å². The molecule has 1 unspecified atom stereocenters. The van der Waals surface area contributed by atoms with Crippen molar-refractivity contribution < 1.29 is 54.6 Å². The molecule has 170 valence electrons. The van der Waals surface area contributed by atoms with Crippen molar-refractivity contribution in [2.45, 2.75) is 67.9 Å². The number of nitrogens with one attached hydrogen (secondary N) is 1. The average Bonchev–Trinajstić information content (AvgIpc) is 3.19. The molecule has 1 aromatic heterocycles. The summed E-state index contributed by atoms with van der Waals surface area (Å²) in [5, 5.41) is 22.5. The predicted octanol–water partition coefficient (Wildman–Crippen LogP) is 3.45. The van der Waals surface area contributed by atoms with Gasteiger partial charge in [0, 0.05) is 37.2 Å². The van der Waals surface area contributed by atoms with Gasteiger partial charge in [-0.3, -0.25) is 4.79 Å². The summed E-state index contributed by atoms with van der Waals surface area (Å²) >= 11 is 5.66. The first-order valence-electron chi connectivity index (χ1n) is 10.6. The Hall–Kier alpha value is -1.14. The summed E-state index contributed by atoms with van der Waals surface area (Å²) in [6, 6.07) is 4.01. The van der Waals surface area contributed by atoms with Gasteiger partial charge in [-0.1, -0.05) is 11.6 Å². The number of benzene rings is 1. The largest absolute Gasteiger partial charge is 0.484 e. The Kier molecular flexibility index (Phi) is 6.94. The zero-order valence-electron chi connectivity index (χ0n) is 17.4. The Morgan fingerprint density at radius 3 is 2.69 bits per heavy atom. The third kappa shape index (κ3) is 4.34. The molecule has 1 amide bonds. The minimum atomic E-state index is -0.723. The maximum atomic E-state index is 13.5. The van der Waals surface area contributed by atoms with E-state index in [1.165, 1.54) is 12.1 Å². The van der Waals surface area contributed by atoms with Gasteiger partial charge in [0.15, 0.2) is 6.61 Å². The molecule has 6 rings (SSSR count). The molecule has 4 aliphatic carbocycles. The first-order chi connectivity index (χ1) is 14.9. The van der Waals surface area contributed by atoms with E-state index in [0.717, 1.165) is 31.7 Å². The SMILES string of the molecule is O=C(COc1ccc(Cl)c(F)c1)NC12CCC(c3nnc(C4C[CH-]C4)o3)(CC1)CC2O.[U]. The van der Waals surface area contributed by atoms with E-state index in [-0.39, 0.29) is 59.8 Å². The fourth-order valence-electron chi connectivity index (χ4n) is 4.97. The van der Waals surface area contributed by atoms with Crippen LogP contribution < -0.4 is 10.1 Å². The van der Waals surface area contributed by atoms with E-state index in [4.69, 9.17) is 20.8 Å². The van der Waals surface area contributed by atoms with Gasteiger partial charge in [-0.15, -0.1) is 10.2 Å². The quantitative estimate of drug-likeness (QED) is 0.453. The minimum absolute atomic E-state index is 0. The number of rotatable bonds is 6. The van der Waals surface area contributed by atoms with Crippen molar-refractivity contribution in [3.05, 3.63) is 47.2 Å². The van der Waals surface area contributed by atoms with E-state index in [2.05, 4.69) is 21.9 Å². The summed E-state index contributed by atoms with van der Waals surface area (Å²) in [7, 11) is 0. The van der Waals surface area contributed by atoms with Gasteiger partial charge < -0.3 is 26.0 Å². The second kappa shape index (κ2) is 9.25. The van der Waals surface area contributed by atoms with Gasteiger partial charge in [0.05, 0.1) is 22.1 Å². The molecule has 2 N–H and O–H groups in total. The summed E-state index contributed by atoms with van der Waals surface area (Å²) in [6.07, 6.45) is 6.62. The van der Waals surface area contributed by atoms with Crippen LogP contribution in [0.3, 0.4) is 0 Å². The second-order valence-corrected chi connectivity index (χ2v) is 9.38. The summed E-state index contributed by atoms with van der Waals surface area (Å²) in [6.45, 7) is -0.272. The molecule has 1 heterocycles. The Balaban J connectivity index is 0.00000245. The predicted molar refractivity (Wildman–Crippen MR) is 109 cm³/mol. The van der Waals surface area contributed by atoms with E-state index in [1.54, 1.807) is 0 Å². The molecule has 32 heavy (non-hydrogen) atoms. The molecule has 1 aromatic carbocycles. The summed E-state index contributed by atoms with van der Waals surface area (Å²) in [4.78, 5) is 12.5. The number of amides is 1. The topological polar surface area (TPSA) is 97.5 Å². The molecule has 0 radical (unpaired) electrons. The normalized spacial score (nSPS) is 29.2. The fourth-order valence-corrected chi connectivity index (χ4v) is 5.08. The molecule has 0 saturated heterocycles. The Bertz CT molecular complexity index is 991. The van der Waals surface area contributed by atoms with Crippen molar-refractivity contribution in [1.82, 2.24) is 15.5 Å².